The fraction of sp³-hybridized carbons (Fsp3) is 0.0851. The van der Waals surface area contributed by atoms with Gasteiger partial charge >= 0.3 is 0 Å². The molecule has 5 nitrogen and oxygen atoms in total. The highest BCUT2D eigenvalue weighted by Gasteiger charge is 2.35. The minimum atomic E-state index is 0.254. The van der Waals surface area contributed by atoms with Gasteiger partial charge in [-0.3, -0.25) is 4.57 Å². The third kappa shape index (κ3) is 4.96. The second kappa shape index (κ2) is 12.0. The number of rotatable bonds is 5. The SMILES string of the molecule is Cc1ccc(-c2nc(-c3ccc(C)cc3)nc(-n3c4ccccc4c4ccc(C5=CCC6C(=C5)c5ccccc5N6c5ccccc5)cc43)n2)cc1. The van der Waals surface area contributed by atoms with E-state index < -0.39 is 0 Å². The molecule has 8 aromatic rings. The molecular formula is C47H35N5. The van der Waals surface area contributed by atoms with Crippen LogP contribution in [0.2, 0.25) is 0 Å². The van der Waals surface area contributed by atoms with E-state index in [4.69, 9.17) is 15.0 Å². The topological polar surface area (TPSA) is 46.8 Å². The van der Waals surface area contributed by atoms with Crippen molar-refractivity contribution in [3.05, 3.63) is 180 Å². The van der Waals surface area contributed by atoms with Gasteiger partial charge in [0.05, 0.1) is 17.1 Å². The van der Waals surface area contributed by atoms with Crippen molar-refractivity contribution in [3.63, 3.8) is 0 Å². The predicted molar refractivity (Wildman–Crippen MR) is 214 cm³/mol. The van der Waals surface area contributed by atoms with Crippen LogP contribution in [0.15, 0.2) is 158 Å². The van der Waals surface area contributed by atoms with Crippen LogP contribution in [0.25, 0.3) is 61.7 Å². The molecule has 1 aliphatic carbocycles. The van der Waals surface area contributed by atoms with E-state index in [-0.39, 0.29) is 6.04 Å². The molecule has 1 atom stereocenters. The van der Waals surface area contributed by atoms with Gasteiger partial charge in [-0.15, -0.1) is 0 Å². The Morgan fingerprint density at radius 1 is 0.558 bits per heavy atom. The molecule has 1 aliphatic heterocycles. The molecule has 0 fully saturated rings. The molecule has 0 N–H and O–H groups in total. The summed E-state index contributed by atoms with van der Waals surface area (Å²) in [4.78, 5) is 17.9. The Bertz CT molecular complexity index is 2660. The molecule has 52 heavy (non-hydrogen) atoms. The zero-order valence-electron chi connectivity index (χ0n) is 29.0. The van der Waals surface area contributed by atoms with E-state index in [0.29, 0.717) is 17.6 Å². The summed E-state index contributed by atoms with van der Waals surface area (Å²) in [6, 6.07) is 52.0. The van der Waals surface area contributed by atoms with Crippen LogP contribution in [-0.4, -0.2) is 25.6 Å². The van der Waals surface area contributed by atoms with Crippen molar-refractivity contribution >= 4 is 44.3 Å². The Kier molecular flexibility index (Phi) is 7.00. The van der Waals surface area contributed by atoms with Gasteiger partial charge < -0.3 is 4.90 Å². The molecule has 0 radical (unpaired) electrons. The van der Waals surface area contributed by atoms with Crippen molar-refractivity contribution in [2.45, 2.75) is 26.3 Å². The maximum Gasteiger partial charge on any atom is 0.238 e. The zero-order chi connectivity index (χ0) is 34.8. The Balaban J connectivity index is 1.14. The minimum absolute atomic E-state index is 0.254. The van der Waals surface area contributed by atoms with E-state index in [2.05, 4.69) is 181 Å². The monoisotopic (exact) mass is 669 g/mol. The predicted octanol–water partition coefficient (Wildman–Crippen LogP) is 11.3. The molecule has 0 saturated heterocycles. The van der Waals surface area contributed by atoms with E-state index in [9.17, 15) is 0 Å². The van der Waals surface area contributed by atoms with Gasteiger partial charge in [-0.2, -0.15) is 9.97 Å². The van der Waals surface area contributed by atoms with Crippen molar-refractivity contribution in [1.29, 1.82) is 0 Å². The first-order valence-electron chi connectivity index (χ1n) is 17.9. The highest BCUT2D eigenvalue weighted by molar-refractivity contribution is 6.10. The Morgan fingerprint density at radius 3 is 1.90 bits per heavy atom. The smallest absolute Gasteiger partial charge is 0.238 e. The van der Waals surface area contributed by atoms with E-state index in [1.165, 1.54) is 44.8 Å². The van der Waals surface area contributed by atoms with E-state index in [1.54, 1.807) is 0 Å². The van der Waals surface area contributed by atoms with Gasteiger partial charge in [0.2, 0.25) is 5.95 Å². The first-order valence-corrected chi connectivity index (χ1v) is 17.9. The number of anilines is 2. The normalized spacial score (nSPS) is 15.0. The summed E-state index contributed by atoms with van der Waals surface area (Å²) in [5.74, 6) is 1.90. The van der Waals surface area contributed by atoms with Gasteiger partial charge in [0.15, 0.2) is 11.6 Å². The van der Waals surface area contributed by atoms with E-state index in [1.807, 2.05) is 0 Å². The summed E-state index contributed by atoms with van der Waals surface area (Å²) in [6.07, 6.45) is 5.72. The first kappa shape index (κ1) is 30.3. The summed E-state index contributed by atoms with van der Waals surface area (Å²) in [5.41, 5.74) is 14.0. The molecular weight excluding hydrogens is 635 g/mol. The summed E-state index contributed by atoms with van der Waals surface area (Å²) in [5, 5.41) is 2.33. The lowest BCUT2D eigenvalue weighted by Crippen LogP contribution is -2.27. The van der Waals surface area contributed by atoms with Crippen LogP contribution in [0.1, 0.15) is 28.7 Å². The number of para-hydroxylation sites is 3. The fourth-order valence-electron chi connectivity index (χ4n) is 7.89. The molecule has 0 bridgehead atoms. The molecule has 0 amide bonds. The standard InChI is InChI=1S/C47H35N5/c1-30-16-20-32(21-17-30)45-48-46(33-22-18-31(2)19-23-33)50-47(49-45)52-42-15-9-6-12-37(42)39-26-24-35(29-44(39)52)34-25-27-43-40(28-34)38-13-7-8-14-41(38)51(43)36-10-4-3-5-11-36/h3-26,28-29,43H,27H2,1-2H3. The number of allylic oxidation sites excluding steroid dienone is 2. The second-order valence-electron chi connectivity index (χ2n) is 13.8. The number of hydrogen-bond donors (Lipinski definition) is 0. The highest BCUT2D eigenvalue weighted by Crippen LogP contribution is 2.49. The summed E-state index contributed by atoms with van der Waals surface area (Å²) in [6.45, 7) is 4.19. The molecule has 10 rings (SSSR count). The largest absolute Gasteiger partial charge is 0.333 e. The third-order valence-corrected chi connectivity index (χ3v) is 10.5. The lowest BCUT2D eigenvalue weighted by atomic mass is 9.89. The number of benzene rings is 6. The molecule has 2 aliphatic rings. The lowest BCUT2D eigenvalue weighted by molar-refractivity contribution is 0.831. The fourth-order valence-corrected chi connectivity index (χ4v) is 7.89. The van der Waals surface area contributed by atoms with Crippen molar-refractivity contribution in [1.82, 2.24) is 19.5 Å². The van der Waals surface area contributed by atoms with Gasteiger partial charge in [0.1, 0.15) is 0 Å². The van der Waals surface area contributed by atoms with Crippen LogP contribution in [0.3, 0.4) is 0 Å². The summed E-state index contributed by atoms with van der Waals surface area (Å²) in [7, 11) is 0. The molecule has 2 aromatic heterocycles. The molecule has 6 aromatic carbocycles. The maximum absolute atomic E-state index is 5.18. The molecule has 0 spiro atoms. The highest BCUT2D eigenvalue weighted by atomic mass is 15.2. The average Bonchev–Trinajstić information content (AvgIpc) is 3.71. The van der Waals surface area contributed by atoms with Crippen LogP contribution < -0.4 is 4.90 Å². The molecule has 0 saturated carbocycles. The Hall–Kier alpha value is -6.59. The molecule has 1 unspecified atom stereocenters. The molecule has 3 heterocycles. The van der Waals surface area contributed by atoms with Gasteiger partial charge in [0, 0.05) is 38.8 Å². The van der Waals surface area contributed by atoms with Crippen LogP contribution in [-0.2, 0) is 0 Å². The van der Waals surface area contributed by atoms with Crippen molar-refractivity contribution in [3.8, 4) is 28.7 Å². The average molecular weight is 670 g/mol. The number of aromatic nitrogens is 4. The quantitative estimate of drug-likeness (QED) is 0.183. The number of nitrogens with zero attached hydrogens (tertiary/aromatic N) is 5. The van der Waals surface area contributed by atoms with E-state index in [0.717, 1.165) is 39.4 Å². The van der Waals surface area contributed by atoms with Crippen LogP contribution in [0.5, 0.6) is 0 Å². The number of aryl methyl sites for hydroxylation is 2. The number of fused-ring (bicyclic) bond motifs is 6. The van der Waals surface area contributed by atoms with Crippen molar-refractivity contribution in [2.75, 3.05) is 4.90 Å². The summed E-state index contributed by atoms with van der Waals surface area (Å²) >= 11 is 0. The minimum Gasteiger partial charge on any atom is -0.333 e. The van der Waals surface area contributed by atoms with E-state index >= 15 is 0 Å². The first-order chi connectivity index (χ1) is 25.6. The van der Waals surface area contributed by atoms with Crippen molar-refractivity contribution < 1.29 is 0 Å². The zero-order valence-corrected chi connectivity index (χ0v) is 29.0. The number of hydrogen-bond acceptors (Lipinski definition) is 4. The van der Waals surface area contributed by atoms with Gasteiger partial charge in [-0.1, -0.05) is 132 Å². The van der Waals surface area contributed by atoms with Gasteiger partial charge in [-0.05, 0) is 73.4 Å². The van der Waals surface area contributed by atoms with Crippen LogP contribution in [0.4, 0.5) is 11.4 Å². The second-order valence-corrected chi connectivity index (χ2v) is 13.8. The van der Waals surface area contributed by atoms with Gasteiger partial charge in [-0.25, -0.2) is 4.98 Å². The Morgan fingerprint density at radius 2 is 1.17 bits per heavy atom. The molecule has 5 heteroatoms. The third-order valence-electron chi connectivity index (χ3n) is 10.5. The van der Waals surface area contributed by atoms with Gasteiger partial charge in [0.25, 0.3) is 0 Å². The maximum atomic E-state index is 5.18. The Labute approximate surface area is 302 Å². The van der Waals surface area contributed by atoms with Crippen molar-refractivity contribution in [2.24, 2.45) is 0 Å². The van der Waals surface area contributed by atoms with Crippen LogP contribution in [0, 0.1) is 13.8 Å². The van der Waals surface area contributed by atoms with Crippen LogP contribution >= 0.6 is 0 Å². The lowest BCUT2D eigenvalue weighted by Gasteiger charge is -2.29. The summed E-state index contributed by atoms with van der Waals surface area (Å²) < 4.78 is 2.21. The molecule has 248 valence electrons.